The highest BCUT2D eigenvalue weighted by molar-refractivity contribution is 7.91. The molecule has 2 aromatic carbocycles. The standard InChI is InChI=1S/C15H14N2O2S/c1-11(20(18,19)12-7-3-2-4-8-12)15-16-13-9-5-6-10-14(13)17-15/h2-11H,1H3,(H,16,17). The van der Waals surface area contributed by atoms with Crippen LogP contribution in [0.25, 0.3) is 11.0 Å². The number of hydrogen-bond donors (Lipinski definition) is 1. The van der Waals surface area contributed by atoms with Gasteiger partial charge < -0.3 is 4.98 Å². The number of hydrogen-bond acceptors (Lipinski definition) is 3. The second-order valence-corrected chi connectivity index (χ2v) is 6.91. The summed E-state index contributed by atoms with van der Waals surface area (Å²) in [4.78, 5) is 7.76. The highest BCUT2D eigenvalue weighted by Crippen LogP contribution is 2.27. The summed E-state index contributed by atoms with van der Waals surface area (Å²) in [6.07, 6.45) is 0. The Morgan fingerprint density at radius 3 is 2.35 bits per heavy atom. The second-order valence-electron chi connectivity index (χ2n) is 4.64. The summed E-state index contributed by atoms with van der Waals surface area (Å²) in [5.41, 5.74) is 1.62. The van der Waals surface area contributed by atoms with Crippen LogP contribution in [0, 0.1) is 0 Å². The maximum atomic E-state index is 12.5. The third-order valence-corrected chi connectivity index (χ3v) is 5.41. The Bertz CT molecular complexity index is 805. The molecule has 102 valence electrons. The fourth-order valence-corrected chi connectivity index (χ4v) is 3.48. The Balaban J connectivity index is 2.06. The van der Waals surface area contributed by atoms with Crippen LogP contribution in [0.5, 0.6) is 0 Å². The monoisotopic (exact) mass is 286 g/mol. The van der Waals surface area contributed by atoms with Gasteiger partial charge in [0.15, 0.2) is 9.84 Å². The zero-order valence-corrected chi connectivity index (χ0v) is 11.8. The minimum atomic E-state index is -3.43. The summed E-state index contributed by atoms with van der Waals surface area (Å²) in [6.45, 7) is 1.65. The molecule has 1 atom stereocenters. The number of benzene rings is 2. The van der Waals surface area contributed by atoms with Crippen molar-refractivity contribution in [3.8, 4) is 0 Å². The molecule has 3 rings (SSSR count). The molecule has 0 amide bonds. The fraction of sp³-hybridized carbons (Fsp3) is 0.133. The van der Waals surface area contributed by atoms with Gasteiger partial charge in [0.2, 0.25) is 0 Å². The van der Waals surface area contributed by atoms with Crippen LogP contribution in [0.2, 0.25) is 0 Å². The van der Waals surface area contributed by atoms with Crippen molar-refractivity contribution in [2.24, 2.45) is 0 Å². The number of H-pyrrole nitrogens is 1. The molecule has 0 aliphatic carbocycles. The lowest BCUT2D eigenvalue weighted by atomic mass is 10.3. The van der Waals surface area contributed by atoms with Crippen molar-refractivity contribution in [1.29, 1.82) is 0 Å². The minimum Gasteiger partial charge on any atom is -0.341 e. The molecule has 0 aliphatic heterocycles. The number of sulfone groups is 1. The molecule has 0 spiro atoms. The number of aromatic nitrogens is 2. The van der Waals surface area contributed by atoms with Crippen molar-refractivity contribution in [1.82, 2.24) is 9.97 Å². The van der Waals surface area contributed by atoms with Gasteiger partial charge in [0.25, 0.3) is 0 Å². The Morgan fingerprint density at radius 1 is 1.00 bits per heavy atom. The van der Waals surface area contributed by atoms with Gasteiger partial charge in [-0.15, -0.1) is 0 Å². The van der Waals surface area contributed by atoms with Gasteiger partial charge >= 0.3 is 0 Å². The zero-order valence-electron chi connectivity index (χ0n) is 10.9. The molecule has 0 radical (unpaired) electrons. The summed E-state index contributed by atoms with van der Waals surface area (Å²) >= 11 is 0. The summed E-state index contributed by atoms with van der Waals surface area (Å²) in [6, 6.07) is 16.0. The first-order valence-corrected chi connectivity index (χ1v) is 7.87. The Labute approximate surface area is 117 Å². The average Bonchev–Trinajstić information content (AvgIpc) is 2.91. The number of para-hydroxylation sites is 2. The maximum absolute atomic E-state index is 12.5. The van der Waals surface area contributed by atoms with E-state index in [1.807, 2.05) is 24.3 Å². The fourth-order valence-electron chi connectivity index (χ4n) is 2.13. The van der Waals surface area contributed by atoms with Crippen molar-refractivity contribution < 1.29 is 8.42 Å². The number of imidazole rings is 1. The molecule has 3 aromatic rings. The molecular formula is C15H14N2O2S. The molecule has 1 unspecified atom stereocenters. The molecular weight excluding hydrogens is 272 g/mol. The SMILES string of the molecule is CC(c1nc2ccccc2[nH]1)S(=O)(=O)c1ccccc1. The summed E-state index contributed by atoms with van der Waals surface area (Å²) in [7, 11) is -3.43. The van der Waals surface area contributed by atoms with E-state index < -0.39 is 15.1 Å². The highest BCUT2D eigenvalue weighted by Gasteiger charge is 2.27. The Kier molecular flexibility index (Phi) is 3.06. The lowest BCUT2D eigenvalue weighted by Gasteiger charge is -2.10. The molecule has 20 heavy (non-hydrogen) atoms. The molecule has 1 N–H and O–H groups in total. The van der Waals surface area contributed by atoms with Crippen molar-refractivity contribution >= 4 is 20.9 Å². The van der Waals surface area contributed by atoms with Crippen LogP contribution in [0.3, 0.4) is 0 Å². The normalized spacial score (nSPS) is 13.4. The van der Waals surface area contributed by atoms with Gasteiger partial charge in [-0.05, 0) is 31.2 Å². The van der Waals surface area contributed by atoms with Gasteiger partial charge in [-0.1, -0.05) is 30.3 Å². The van der Waals surface area contributed by atoms with Gasteiger partial charge in [-0.2, -0.15) is 0 Å². The lowest BCUT2D eigenvalue weighted by Crippen LogP contribution is -2.12. The van der Waals surface area contributed by atoms with Gasteiger partial charge in [0.1, 0.15) is 11.1 Å². The van der Waals surface area contributed by atoms with Crippen LogP contribution in [0.4, 0.5) is 0 Å². The summed E-state index contributed by atoms with van der Waals surface area (Å²) in [5, 5.41) is -0.711. The second kappa shape index (κ2) is 4.76. The van der Waals surface area contributed by atoms with Crippen molar-refractivity contribution in [2.75, 3.05) is 0 Å². The number of nitrogens with zero attached hydrogens (tertiary/aromatic N) is 1. The van der Waals surface area contributed by atoms with Crippen molar-refractivity contribution in [2.45, 2.75) is 17.1 Å². The van der Waals surface area contributed by atoms with Gasteiger partial charge in [-0.3, -0.25) is 0 Å². The van der Waals surface area contributed by atoms with E-state index in [1.54, 1.807) is 37.3 Å². The van der Waals surface area contributed by atoms with Gasteiger partial charge in [-0.25, -0.2) is 13.4 Å². The highest BCUT2D eigenvalue weighted by atomic mass is 32.2. The van der Waals surface area contributed by atoms with Gasteiger partial charge in [0, 0.05) is 0 Å². The molecule has 4 nitrogen and oxygen atoms in total. The largest absolute Gasteiger partial charge is 0.341 e. The van der Waals surface area contributed by atoms with E-state index in [9.17, 15) is 8.42 Å². The first-order valence-electron chi connectivity index (χ1n) is 6.32. The van der Waals surface area contributed by atoms with E-state index in [-0.39, 0.29) is 0 Å². The Hall–Kier alpha value is -2.14. The predicted octanol–water partition coefficient (Wildman–Crippen LogP) is 3.10. The van der Waals surface area contributed by atoms with E-state index in [2.05, 4.69) is 9.97 Å². The van der Waals surface area contributed by atoms with Gasteiger partial charge in [0.05, 0.1) is 15.9 Å². The number of aromatic amines is 1. The van der Waals surface area contributed by atoms with Crippen LogP contribution >= 0.6 is 0 Å². The average molecular weight is 286 g/mol. The topological polar surface area (TPSA) is 62.8 Å². The lowest BCUT2D eigenvalue weighted by molar-refractivity contribution is 0.584. The first kappa shape index (κ1) is 12.9. The summed E-state index contributed by atoms with van der Waals surface area (Å²) < 4.78 is 25.1. The molecule has 1 aromatic heterocycles. The number of nitrogens with one attached hydrogen (secondary N) is 1. The third kappa shape index (κ3) is 2.10. The predicted molar refractivity (Wildman–Crippen MR) is 78.1 cm³/mol. The van der Waals surface area contributed by atoms with E-state index in [0.717, 1.165) is 11.0 Å². The van der Waals surface area contributed by atoms with Crippen LogP contribution in [0.15, 0.2) is 59.5 Å². The molecule has 0 saturated heterocycles. The van der Waals surface area contributed by atoms with E-state index >= 15 is 0 Å². The molecule has 1 heterocycles. The molecule has 0 saturated carbocycles. The Morgan fingerprint density at radius 2 is 1.65 bits per heavy atom. The third-order valence-electron chi connectivity index (χ3n) is 3.33. The van der Waals surface area contributed by atoms with E-state index in [4.69, 9.17) is 0 Å². The van der Waals surface area contributed by atoms with Crippen LogP contribution < -0.4 is 0 Å². The quantitative estimate of drug-likeness (QED) is 0.804. The van der Waals surface area contributed by atoms with Crippen molar-refractivity contribution in [3.05, 3.63) is 60.4 Å². The maximum Gasteiger partial charge on any atom is 0.188 e. The van der Waals surface area contributed by atoms with Crippen LogP contribution in [-0.4, -0.2) is 18.4 Å². The molecule has 0 fully saturated rings. The number of rotatable bonds is 3. The molecule has 5 heteroatoms. The zero-order chi connectivity index (χ0) is 14.2. The summed E-state index contributed by atoms with van der Waals surface area (Å²) in [5.74, 6) is 0.468. The molecule has 0 bridgehead atoms. The van der Waals surface area contributed by atoms with E-state index in [1.165, 1.54) is 0 Å². The van der Waals surface area contributed by atoms with E-state index in [0.29, 0.717) is 10.7 Å². The smallest absolute Gasteiger partial charge is 0.188 e. The van der Waals surface area contributed by atoms with Crippen LogP contribution in [0.1, 0.15) is 18.0 Å². The number of fused-ring (bicyclic) bond motifs is 1. The first-order chi connectivity index (χ1) is 9.59. The van der Waals surface area contributed by atoms with Crippen molar-refractivity contribution in [3.63, 3.8) is 0 Å². The van der Waals surface area contributed by atoms with Crippen LogP contribution in [-0.2, 0) is 9.84 Å². The minimum absolute atomic E-state index is 0.313. The molecule has 0 aliphatic rings.